The van der Waals surface area contributed by atoms with Crippen LogP contribution in [0.15, 0.2) is 110 Å². The van der Waals surface area contributed by atoms with Crippen LogP contribution in [-0.2, 0) is 5.41 Å². The van der Waals surface area contributed by atoms with Gasteiger partial charge in [0.25, 0.3) is 0 Å². The summed E-state index contributed by atoms with van der Waals surface area (Å²) < 4.78 is 2.13. The van der Waals surface area contributed by atoms with E-state index in [1.165, 1.54) is 5.56 Å². The van der Waals surface area contributed by atoms with Gasteiger partial charge in [0.05, 0.1) is 0 Å². The highest BCUT2D eigenvalue weighted by molar-refractivity contribution is 5.77. The number of hydrogen-bond acceptors (Lipinski definition) is 2. The lowest BCUT2D eigenvalue weighted by Gasteiger charge is -2.19. The van der Waals surface area contributed by atoms with E-state index in [4.69, 9.17) is 0 Å². The molecule has 0 atom stereocenters. The van der Waals surface area contributed by atoms with Crippen molar-refractivity contribution in [3.8, 4) is 17.1 Å². The fourth-order valence-electron chi connectivity index (χ4n) is 3.87. The minimum Gasteiger partial charge on any atom is -0.275 e. The van der Waals surface area contributed by atoms with Crippen LogP contribution in [0, 0.1) is 0 Å². The molecule has 0 fully saturated rings. The van der Waals surface area contributed by atoms with Crippen LogP contribution in [0.3, 0.4) is 0 Å². The monoisotopic (exact) mass is 445 g/mol. The average Bonchev–Trinajstić information content (AvgIpc) is 3.30. The summed E-state index contributed by atoms with van der Waals surface area (Å²) in [6, 6.07) is 29.2. The average molecular weight is 446 g/mol. The summed E-state index contributed by atoms with van der Waals surface area (Å²) >= 11 is 0. The van der Waals surface area contributed by atoms with Crippen molar-refractivity contribution in [1.29, 1.82) is 0 Å². The van der Waals surface area contributed by atoms with Gasteiger partial charge in [0, 0.05) is 11.3 Å². The van der Waals surface area contributed by atoms with Crippen molar-refractivity contribution in [2.45, 2.75) is 33.1 Å². The van der Waals surface area contributed by atoms with E-state index in [0.29, 0.717) is 0 Å². The van der Waals surface area contributed by atoms with Crippen LogP contribution < -0.4 is 0 Å². The Morgan fingerprint density at radius 3 is 2.00 bits per heavy atom. The normalized spacial score (nSPS) is 12.6. The number of allylic oxidation sites excluding steroid dienone is 5. The molecule has 34 heavy (non-hydrogen) atoms. The van der Waals surface area contributed by atoms with Gasteiger partial charge in [-0.3, -0.25) is 4.57 Å². The zero-order chi connectivity index (χ0) is 24.1. The highest BCUT2D eigenvalue weighted by Gasteiger charge is 2.18. The summed E-state index contributed by atoms with van der Waals surface area (Å²) in [5, 5.41) is 9.22. The van der Waals surface area contributed by atoms with Gasteiger partial charge in [-0.2, -0.15) is 0 Å². The zero-order valence-electron chi connectivity index (χ0n) is 20.4. The number of nitrogens with zero attached hydrogens (tertiary/aromatic N) is 3. The lowest BCUT2D eigenvalue weighted by atomic mass is 9.86. The predicted molar refractivity (Wildman–Crippen MR) is 144 cm³/mol. The smallest absolute Gasteiger partial charge is 0.168 e. The number of aromatic nitrogens is 3. The highest BCUT2D eigenvalue weighted by Crippen LogP contribution is 2.29. The number of benzene rings is 3. The fraction of sp³-hybridized carbons (Fsp3) is 0.161. The van der Waals surface area contributed by atoms with Crippen molar-refractivity contribution >= 4 is 11.1 Å². The molecule has 0 saturated carbocycles. The molecule has 3 aromatic carbocycles. The Bertz CT molecular complexity index is 1320. The lowest BCUT2D eigenvalue weighted by molar-refractivity contribution is 0.590. The van der Waals surface area contributed by atoms with Crippen LogP contribution in [0.25, 0.3) is 28.2 Å². The Labute approximate surface area is 202 Å². The first kappa shape index (κ1) is 23.2. The Balaban J connectivity index is 1.79. The van der Waals surface area contributed by atoms with Crippen LogP contribution in [-0.4, -0.2) is 14.8 Å². The summed E-state index contributed by atoms with van der Waals surface area (Å²) in [6.07, 6.45) is 6.04. The van der Waals surface area contributed by atoms with E-state index < -0.39 is 0 Å². The Hall–Kier alpha value is -3.98. The third-order valence-corrected chi connectivity index (χ3v) is 5.88. The summed E-state index contributed by atoms with van der Waals surface area (Å²) in [4.78, 5) is 0. The maximum atomic E-state index is 4.61. The minimum atomic E-state index is 0.101. The number of hydrogen-bond donors (Lipinski definition) is 0. The maximum Gasteiger partial charge on any atom is 0.168 e. The molecule has 0 bridgehead atoms. The SMILES string of the molecule is C=C/C(=C\C=C(/C)c1nnc(-c2ccc(C(C)(C)C)cc2)n1-c1ccccc1)c1ccccc1. The molecule has 0 unspecified atom stereocenters. The molecule has 0 amide bonds. The molecule has 1 heterocycles. The molecule has 4 aromatic rings. The van der Waals surface area contributed by atoms with Crippen LogP contribution in [0.2, 0.25) is 0 Å². The number of rotatable bonds is 6. The molecule has 3 heteroatoms. The molecule has 0 spiro atoms. The van der Waals surface area contributed by atoms with E-state index in [0.717, 1.165) is 39.6 Å². The second-order valence-electron chi connectivity index (χ2n) is 9.39. The van der Waals surface area contributed by atoms with Crippen molar-refractivity contribution < 1.29 is 0 Å². The molecule has 0 aliphatic heterocycles. The van der Waals surface area contributed by atoms with Gasteiger partial charge in [0.2, 0.25) is 0 Å². The first-order valence-electron chi connectivity index (χ1n) is 11.6. The highest BCUT2D eigenvalue weighted by atomic mass is 15.3. The second kappa shape index (κ2) is 9.88. The van der Waals surface area contributed by atoms with E-state index in [2.05, 4.69) is 110 Å². The van der Waals surface area contributed by atoms with Crippen molar-refractivity contribution in [2.75, 3.05) is 0 Å². The molecular weight excluding hydrogens is 414 g/mol. The molecule has 3 nitrogen and oxygen atoms in total. The van der Waals surface area contributed by atoms with Crippen LogP contribution in [0.5, 0.6) is 0 Å². The minimum absolute atomic E-state index is 0.101. The van der Waals surface area contributed by atoms with E-state index in [-0.39, 0.29) is 5.41 Å². The Morgan fingerprint density at radius 1 is 0.794 bits per heavy atom. The summed E-state index contributed by atoms with van der Waals surface area (Å²) in [5.74, 6) is 1.64. The molecular formula is C31H31N3. The Kier molecular flexibility index (Phi) is 6.74. The van der Waals surface area contributed by atoms with Crippen molar-refractivity contribution in [1.82, 2.24) is 14.8 Å². The first-order valence-corrected chi connectivity index (χ1v) is 11.6. The van der Waals surface area contributed by atoms with E-state index in [1.54, 1.807) is 0 Å². The second-order valence-corrected chi connectivity index (χ2v) is 9.39. The third kappa shape index (κ3) is 4.99. The largest absolute Gasteiger partial charge is 0.275 e. The topological polar surface area (TPSA) is 30.7 Å². The van der Waals surface area contributed by atoms with Gasteiger partial charge in [0.1, 0.15) is 0 Å². The summed E-state index contributed by atoms with van der Waals surface area (Å²) in [6.45, 7) is 12.7. The van der Waals surface area contributed by atoms with Crippen LogP contribution in [0.1, 0.15) is 44.6 Å². The van der Waals surface area contributed by atoms with Gasteiger partial charge in [-0.05, 0) is 46.7 Å². The van der Waals surface area contributed by atoms with Crippen molar-refractivity contribution in [2.24, 2.45) is 0 Å². The Morgan fingerprint density at radius 2 is 1.41 bits per heavy atom. The molecule has 0 saturated heterocycles. The van der Waals surface area contributed by atoms with Crippen molar-refractivity contribution in [3.05, 3.63) is 127 Å². The molecule has 4 rings (SSSR count). The first-order chi connectivity index (χ1) is 16.4. The van der Waals surface area contributed by atoms with Crippen LogP contribution in [0.4, 0.5) is 0 Å². The molecule has 0 N–H and O–H groups in total. The van der Waals surface area contributed by atoms with Gasteiger partial charge >= 0.3 is 0 Å². The number of para-hydroxylation sites is 1. The quantitative estimate of drug-likeness (QED) is 0.282. The van der Waals surface area contributed by atoms with E-state index in [9.17, 15) is 0 Å². The molecule has 1 aromatic heterocycles. The predicted octanol–water partition coefficient (Wildman–Crippen LogP) is 7.90. The van der Waals surface area contributed by atoms with Gasteiger partial charge < -0.3 is 0 Å². The zero-order valence-corrected chi connectivity index (χ0v) is 20.4. The third-order valence-electron chi connectivity index (χ3n) is 5.88. The van der Waals surface area contributed by atoms with Gasteiger partial charge in [-0.25, -0.2) is 0 Å². The van der Waals surface area contributed by atoms with Gasteiger partial charge in [0.15, 0.2) is 11.6 Å². The van der Waals surface area contributed by atoms with E-state index >= 15 is 0 Å². The van der Waals surface area contributed by atoms with Crippen LogP contribution >= 0.6 is 0 Å². The standard InChI is InChI=1S/C31H31N3/c1-6-24(25-13-9-7-10-14-25)18-17-23(2)29-32-33-30(34(29)28-15-11-8-12-16-28)26-19-21-27(22-20-26)31(3,4)5/h6-22H,1H2,2-5H3/b23-17+,24-18+. The molecule has 0 radical (unpaired) electrons. The summed E-state index contributed by atoms with van der Waals surface area (Å²) in [5.41, 5.74) is 6.67. The van der Waals surface area contributed by atoms with Gasteiger partial charge in [-0.15, -0.1) is 10.2 Å². The van der Waals surface area contributed by atoms with E-state index in [1.807, 2.05) is 42.5 Å². The van der Waals surface area contributed by atoms with Crippen molar-refractivity contribution in [3.63, 3.8) is 0 Å². The van der Waals surface area contributed by atoms with Gasteiger partial charge in [-0.1, -0.05) is 118 Å². The molecule has 0 aliphatic carbocycles. The summed E-state index contributed by atoms with van der Waals surface area (Å²) in [7, 11) is 0. The maximum absolute atomic E-state index is 4.61. The molecule has 0 aliphatic rings. The molecule has 170 valence electrons. The fourth-order valence-corrected chi connectivity index (χ4v) is 3.87. The lowest BCUT2D eigenvalue weighted by Crippen LogP contribution is -2.10.